The fourth-order valence-electron chi connectivity index (χ4n) is 3.44. The topological polar surface area (TPSA) is 63.4 Å². The zero-order valence-corrected chi connectivity index (χ0v) is 17.1. The smallest absolute Gasteiger partial charge is 0.368 e. The average molecular weight is 465 g/mol. The molecule has 176 valence electrons. The molecule has 1 aromatic carbocycles. The van der Waals surface area contributed by atoms with Crippen LogP contribution in [0, 0.1) is 0 Å². The van der Waals surface area contributed by atoms with Crippen LogP contribution >= 0.6 is 0 Å². The van der Waals surface area contributed by atoms with E-state index in [9.17, 15) is 35.9 Å². The van der Waals surface area contributed by atoms with Crippen molar-refractivity contribution in [3.63, 3.8) is 0 Å². The summed E-state index contributed by atoms with van der Waals surface area (Å²) in [7, 11) is 1.22. The molecule has 7 nitrogen and oxygen atoms in total. The van der Waals surface area contributed by atoms with Crippen molar-refractivity contribution in [1.29, 1.82) is 0 Å². The maximum Gasteiger partial charge on any atom is 0.416 e. The third-order valence-corrected chi connectivity index (χ3v) is 5.17. The molecule has 3 rings (SSSR count). The Balaban J connectivity index is 1.75. The maximum absolute atomic E-state index is 13.0. The summed E-state index contributed by atoms with van der Waals surface area (Å²) in [5.41, 5.74) is -1.88. The third-order valence-electron chi connectivity index (χ3n) is 5.17. The van der Waals surface area contributed by atoms with Crippen LogP contribution in [0.3, 0.4) is 0 Å². The second kappa shape index (κ2) is 8.87. The van der Waals surface area contributed by atoms with Crippen molar-refractivity contribution in [3.05, 3.63) is 50.7 Å². The number of halogens is 6. The molecule has 0 saturated carbocycles. The largest absolute Gasteiger partial charge is 0.416 e. The SMILES string of the molecule is Cn1c(=O)c(N2CCN(c3cccc(C(F)(F)F)c3)CC2)nn(CCCC(F)(F)F)c1=O. The van der Waals surface area contributed by atoms with Gasteiger partial charge in [-0.2, -0.15) is 26.3 Å². The Hall–Kier alpha value is -2.99. The van der Waals surface area contributed by atoms with Crippen LogP contribution in [0.4, 0.5) is 37.8 Å². The van der Waals surface area contributed by atoms with E-state index in [1.165, 1.54) is 13.1 Å². The molecule has 1 aliphatic heterocycles. The van der Waals surface area contributed by atoms with Crippen LogP contribution in [-0.4, -0.2) is 46.7 Å². The van der Waals surface area contributed by atoms with E-state index >= 15 is 0 Å². The van der Waals surface area contributed by atoms with Crippen LogP contribution in [0.2, 0.25) is 0 Å². The van der Waals surface area contributed by atoms with Gasteiger partial charge in [-0.15, -0.1) is 5.10 Å². The number of alkyl halides is 6. The lowest BCUT2D eigenvalue weighted by molar-refractivity contribution is -0.138. The highest BCUT2D eigenvalue weighted by Gasteiger charge is 2.31. The van der Waals surface area contributed by atoms with Gasteiger partial charge < -0.3 is 9.80 Å². The summed E-state index contributed by atoms with van der Waals surface area (Å²) in [5.74, 6) is -0.0807. The summed E-state index contributed by atoms with van der Waals surface area (Å²) in [4.78, 5) is 28.0. The zero-order chi connectivity index (χ0) is 23.7. The molecule has 0 atom stereocenters. The number of nitrogens with zero attached hydrogens (tertiary/aromatic N) is 5. The maximum atomic E-state index is 13.0. The van der Waals surface area contributed by atoms with Gasteiger partial charge in [-0.05, 0) is 24.6 Å². The van der Waals surface area contributed by atoms with Crippen molar-refractivity contribution >= 4 is 11.5 Å². The Morgan fingerprint density at radius 1 is 0.969 bits per heavy atom. The molecule has 1 aliphatic rings. The van der Waals surface area contributed by atoms with E-state index in [4.69, 9.17) is 0 Å². The molecule has 0 radical (unpaired) electrons. The number of anilines is 2. The van der Waals surface area contributed by atoms with E-state index in [0.717, 1.165) is 21.4 Å². The van der Waals surface area contributed by atoms with Gasteiger partial charge in [-0.3, -0.25) is 9.36 Å². The minimum atomic E-state index is -4.46. The van der Waals surface area contributed by atoms with Crippen molar-refractivity contribution < 1.29 is 26.3 Å². The number of benzene rings is 1. The van der Waals surface area contributed by atoms with Gasteiger partial charge in [0.1, 0.15) is 0 Å². The van der Waals surface area contributed by atoms with Gasteiger partial charge in [-0.25, -0.2) is 9.48 Å². The van der Waals surface area contributed by atoms with Gasteiger partial charge in [0.15, 0.2) is 0 Å². The highest BCUT2D eigenvalue weighted by molar-refractivity contribution is 5.51. The first-order chi connectivity index (χ1) is 14.9. The molecule has 32 heavy (non-hydrogen) atoms. The summed E-state index contributed by atoms with van der Waals surface area (Å²) < 4.78 is 77.7. The number of aromatic nitrogens is 3. The van der Waals surface area contributed by atoms with E-state index in [1.807, 2.05) is 0 Å². The molecule has 0 unspecified atom stereocenters. The second-order valence-electron chi connectivity index (χ2n) is 7.43. The zero-order valence-electron chi connectivity index (χ0n) is 17.1. The molecule has 2 heterocycles. The lowest BCUT2D eigenvalue weighted by atomic mass is 10.1. The van der Waals surface area contributed by atoms with Crippen molar-refractivity contribution in [2.45, 2.75) is 31.7 Å². The first-order valence-corrected chi connectivity index (χ1v) is 9.79. The van der Waals surface area contributed by atoms with E-state index in [-0.39, 0.29) is 31.9 Å². The molecule has 0 spiro atoms. The minimum absolute atomic E-state index is 0.0807. The van der Waals surface area contributed by atoms with Gasteiger partial charge in [0, 0.05) is 51.9 Å². The molecule has 0 N–H and O–H groups in total. The quantitative estimate of drug-likeness (QED) is 0.636. The minimum Gasteiger partial charge on any atom is -0.368 e. The van der Waals surface area contributed by atoms with Crippen molar-refractivity contribution in [2.75, 3.05) is 36.0 Å². The normalized spacial score (nSPS) is 15.3. The summed E-state index contributed by atoms with van der Waals surface area (Å²) in [6, 6.07) is 4.91. The molecule has 0 amide bonds. The second-order valence-corrected chi connectivity index (χ2v) is 7.43. The molecular formula is C19H21F6N5O2. The first-order valence-electron chi connectivity index (χ1n) is 9.79. The summed E-state index contributed by atoms with van der Waals surface area (Å²) in [5, 5.41) is 3.98. The lowest BCUT2D eigenvalue weighted by Gasteiger charge is -2.36. The lowest BCUT2D eigenvalue weighted by Crippen LogP contribution is -2.51. The molecule has 2 aromatic rings. The predicted octanol–water partition coefficient (Wildman–Crippen LogP) is 2.63. The van der Waals surface area contributed by atoms with E-state index in [0.29, 0.717) is 18.8 Å². The number of aryl methyl sites for hydroxylation is 1. The highest BCUT2D eigenvalue weighted by atomic mass is 19.4. The Kier molecular flexibility index (Phi) is 6.56. The van der Waals surface area contributed by atoms with Crippen molar-refractivity contribution in [2.24, 2.45) is 7.05 Å². The standard InChI is InChI=1S/C19H21F6N5O2/c1-27-16(31)15(26-30(17(27)32)7-3-6-18(20,21)22)29-10-8-28(9-11-29)14-5-2-4-13(12-14)19(23,24)25/h2,4-5,12H,3,6-11H2,1H3. The molecular weight excluding hydrogens is 444 g/mol. The Morgan fingerprint density at radius 3 is 2.19 bits per heavy atom. The fourth-order valence-corrected chi connectivity index (χ4v) is 3.44. The van der Waals surface area contributed by atoms with Gasteiger partial charge >= 0.3 is 18.0 Å². The van der Waals surface area contributed by atoms with Crippen LogP contribution in [0.5, 0.6) is 0 Å². The Labute approximate surface area is 178 Å². The molecule has 0 bridgehead atoms. The van der Waals surface area contributed by atoms with Gasteiger partial charge in [0.25, 0.3) is 5.56 Å². The molecule has 1 fully saturated rings. The fraction of sp³-hybridized carbons (Fsp3) is 0.526. The highest BCUT2D eigenvalue weighted by Crippen LogP contribution is 2.32. The van der Waals surface area contributed by atoms with E-state index < -0.39 is 35.6 Å². The van der Waals surface area contributed by atoms with Crippen molar-refractivity contribution in [1.82, 2.24) is 14.3 Å². The van der Waals surface area contributed by atoms with Crippen LogP contribution in [0.1, 0.15) is 18.4 Å². The molecule has 1 aromatic heterocycles. The molecule has 0 aliphatic carbocycles. The van der Waals surface area contributed by atoms with E-state index in [2.05, 4.69) is 5.10 Å². The first kappa shape index (κ1) is 23.7. The predicted molar refractivity (Wildman–Crippen MR) is 105 cm³/mol. The molecule has 1 saturated heterocycles. The van der Waals surface area contributed by atoms with Gasteiger partial charge in [-0.1, -0.05) is 6.07 Å². The van der Waals surface area contributed by atoms with E-state index in [1.54, 1.807) is 15.9 Å². The Morgan fingerprint density at radius 2 is 1.59 bits per heavy atom. The summed E-state index contributed by atoms with van der Waals surface area (Å²) >= 11 is 0. The van der Waals surface area contributed by atoms with Gasteiger partial charge in [0.05, 0.1) is 5.56 Å². The van der Waals surface area contributed by atoms with Gasteiger partial charge in [0.2, 0.25) is 5.82 Å². The number of hydrogen-bond acceptors (Lipinski definition) is 5. The van der Waals surface area contributed by atoms with Crippen LogP contribution in [0.25, 0.3) is 0 Å². The third kappa shape index (κ3) is 5.43. The van der Waals surface area contributed by atoms with Crippen molar-refractivity contribution in [3.8, 4) is 0 Å². The number of hydrogen-bond donors (Lipinski definition) is 0. The summed E-state index contributed by atoms with van der Waals surface area (Å²) in [6.07, 6.45) is -10.3. The number of piperazine rings is 1. The number of rotatable bonds is 5. The molecule has 13 heteroatoms. The monoisotopic (exact) mass is 465 g/mol. The average Bonchev–Trinajstić information content (AvgIpc) is 2.72. The van der Waals surface area contributed by atoms with Crippen LogP contribution < -0.4 is 21.0 Å². The van der Waals surface area contributed by atoms with Crippen LogP contribution in [-0.2, 0) is 19.8 Å². The Bertz CT molecular complexity index is 1070. The van der Waals surface area contributed by atoms with Crippen LogP contribution in [0.15, 0.2) is 33.9 Å². The summed E-state index contributed by atoms with van der Waals surface area (Å²) in [6.45, 7) is 0.751.